The summed E-state index contributed by atoms with van der Waals surface area (Å²) in [5.41, 5.74) is 0.462. The molecule has 6 heteroatoms. The van der Waals surface area contributed by atoms with Crippen molar-refractivity contribution in [3.63, 3.8) is 0 Å². The third kappa shape index (κ3) is 4.26. The van der Waals surface area contributed by atoms with Gasteiger partial charge in [-0.3, -0.25) is 0 Å². The van der Waals surface area contributed by atoms with Crippen LogP contribution >= 0.6 is 0 Å². The summed E-state index contributed by atoms with van der Waals surface area (Å²) in [4.78, 5) is 11.6. The zero-order valence-corrected chi connectivity index (χ0v) is 11.7. The van der Waals surface area contributed by atoms with Crippen molar-refractivity contribution in [3.05, 3.63) is 71.3 Å². The van der Waals surface area contributed by atoms with Crippen LogP contribution in [0.3, 0.4) is 0 Å². The van der Waals surface area contributed by atoms with Crippen LogP contribution in [0.5, 0.6) is 0 Å². The minimum absolute atomic E-state index is 0.0221. The average Bonchev–Trinajstić information content (AvgIpc) is 2.52. The van der Waals surface area contributed by atoms with E-state index in [0.29, 0.717) is 5.56 Å². The molecule has 0 bridgehead atoms. The summed E-state index contributed by atoms with van der Waals surface area (Å²) in [6, 6.07) is 11.3. The van der Waals surface area contributed by atoms with Crippen LogP contribution in [0.2, 0.25) is 0 Å². The molecule has 0 unspecified atom stereocenters. The summed E-state index contributed by atoms with van der Waals surface area (Å²) in [7, 11) is 0. The van der Waals surface area contributed by atoms with E-state index in [1.807, 2.05) is 0 Å². The Morgan fingerprint density at radius 2 is 1.64 bits per heavy atom. The van der Waals surface area contributed by atoms with Gasteiger partial charge in [-0.2, -0.15) is 0 Å². The summed E-state index contributed by atoms with van der Waals surface area (Å²) in [5.74, 6) is -0.947. The van der Waals surface area contributed by atoms with E-state index in [2.05, 4.69) is 10.6 Å². The van der Waals surface area contributed by atoms with Crippen molar-refractivity contribution in [1.29, 1.82) is 0 Å². The van der Waals surface area contributed by atoms with E-state index in [9.17, 15) is 18.7 Å². The fraction of sp³-hybridized carbons (Fsp3) is 0.188. The maximum atomic E-state index is 13.4. The third-order valence-corrected chi connectivity index (χ3v) is 3.12. The second-order valence-corrected chi connectivity index (χ2v) is 4.69. The van der Waals surface area contributed by atoms with Crippen LogP contribution < -0.4 is 10.6 Å². The Morgan fingerprint density at radius 1 is 1.00 bits per heavy atom. The van der Waals surface area contributed by atoms with Crippen molar-refractivity contribution in [3.8, 4) is 0 Å². The molecule has 0 saturated carbocycles. The predicted octanol–water partition coefficient (Wildman–Crippen LogP) is 2.50. The molecule has 0 aromatic heterocycles. The quantitative estimate of drug-likeness (QED) is 0.795. The van der Waals surface area contributed by atoms with E-state index in [0.717, 1.165) is 0 Å². The average molecular weight is 306 g/mol. The smallest absolute Gasteiger partial charge is 0.315 e. The number of rotatable bonds is 5. The Kier molecular flexibility index (Phi) is 5.43. The van der Waals surface area contributed by atoms with Crippen LogP contribution in [0, 0.1) is 11.6 Å². The van der Waals surface area contributed by atoms with Crippen molar-refractivity contribution in [2.24, 2.45) is 0 Å². The van der Waals surface area contributed by atoms with Gasteiger partial charge in [0.2, 0.25) is 0 Å². The molecule has 0 aliphatic carbocycles. The molecule has 3 N–H and O–H groups in total. The van der Waals surface area contributed by atoms with Crippen LogP contribution in [0.15, 0.2) is 48.5 Å². The molecule has 2 aromatic rings. The Hall–Kier alpha value is -2.47. The molecule has 2 amide bonds. The highest BCUT2D eigenvalue weighted by molar-refractivity contribution is 5.73. The molecule has 0 spiro atoms. The molecule has 0 radical (unpaired) electrons. The Labute approximate surface area is 126 Å². The van der Waals surface area contributed by atoms with Gasteiger partial charge in [-0.25, -0.2) is 13.6 Å². The van der Waals surface area contributed by atoms with Gasteiger partial charge in [0.25, 0.3) is 0 Å². The highest BCUT2D eigenvalue weighted by atomic mass is 19.1. The highest BCUT2D eigenvalue weighted by Gasteiger charge is 2.13. The highest BCUT2D eigenvalue weighted by Crippen LogP contribution is 2.15. The number of amides is 2. The van der Waals surface area contributed by atoms with Crippen molar-refractivity contribution < 1.29 is 18.7 Å². The van der Waals surface area contributed by atoms with Crippen molar-refractivity contribution in [1.82, 2.24) is 10.6 Å². The number of carbonyl (C=O) groups is 1. The van der Waals surface area contributed by atoms with Gasteiger partial charge in [0.15, 0.2) is 0 Å². The molecule has 2 rings (SSSR count). The number of aliphatic hydroxyl groups is 1. The predicted molar refractivity (Wildman–Crippen MR) is 78.0 cm³/mol. The fourth-order valence-corrected chi connectivity index (χ4v) is 1.92. The van der Waals surface area contributed by atoms with E-state index in [1.165, 1.54) is 24.3 Å². The molecule has 0 aliphatic heterocycles. The lowest BCUT2D eigenvalue weighted by molar-refractivity contribution is 0.169. The van der Waals surface area contributed by atoms with Gasteiger partial charge in [-0.1, -0.05) is 36.4 Å². The van der Waals surface area contributed by atoms with Gasteiger partial charge in [0.1, 0.15) is 11.6 Å². The van der Waals surface area contributed by atoms with Gasteiger partial charge in [-0.15, -0.1) is 0 Å². The number of nitrogens with one attached hydrogen (secondary N) is 2. The number of aliphatic hydroxyl groups excluding tert-OH is 1. The first-order valence-electron chi connectivity index (χ1n) is 6.75. The van der Waals surface area contributed by atoms with Crippen molar-refractivity contribution >= 4 is 6.03 Å². The zero-order chi connectivity index (χ0) is 15.9. The van der Waals surface area contributed by atoms with Gasteiger partial charge in [0, 0.05) is 24.2 Å². The lowest BCUT2D eigenvalue weighted by Gasteiger charge is -2.13. The summed E-state index contributed by atoms with van der Waals surface area (Å²) in [5, 5.41) is 14.7. The Morgan fingerprint density at radius 3 is 2.32 bits per heavy atom. The molecule has 116 valence electrons. The van der Waals surface area contributed by atoms with Crippen molar-refractivity contribution in [2.45, 2.75) is 12.6 Å². The molecule has 0 aliphatic rings. The SMILES string of the molecule is O=C(NCc1ccccc1F)NC[C@H](O)c1ccccc1F. The largest absolute Gasteiger partial charge is 0.386 e. The lowest BCUT2D eigenvalue weighted by Crippen LogP contribution is -2.37. The standard InChI is InChI=1S/C16H16F2N2O2/c17-13-7-3-1-5-11(13)9-19-16(22)20-10-15(21)12-6-2-4-8-14(12)18/h1-8,15,21H,9-10H2,(H2,19,20,22)/t15-/m0/s1. The summed E-state index contributed by atoms with van der Waals surface area (Å²) in [6.07, 6.45) is -1.15. The lowest BCUT2D eigenvalue weighted by atomic mass is 10.1. The number of benzene rings is 2. The van der Waals surface area contributed by atoms with Gasteiger partial charge >= 0.3 is 6.03 Å². The second-order valence-electron chi connectivity index (χ2n) is 4.69. The molecule has 1 atom stereocenters. The number of carbonyl (C=O) groups excluding carboxylic acids is 1. The Bertz CT molecular complexity index is 650. The van der Waals surface area contributed by atoms with E-state index < -0.39 is 23.8 Å². The molecule has 0 saturated heterocycles. The summed E-state index contributed by atoms with van der Waals surface area (Å²) >= 11 is 0. The number of hydrogen-bond acceptors (Lipinski definition) is 2. The normalized spacial score (nSPS) is 11.8. The van der Waals surface area contributed by atoms with E-state index in [4.69, 9.17) is 0 Å². The van der Waals surface area contributed by atoms with Gasteiger partial charge in [0.05, 0.1) is 6.10 Å². The molecule has 22 heavy (non-hydrogen) atoms. The van der Waals surface area contributed by atoms with E-state index >= 15 is 0 Å². The third-order valence-electron chi connectivity index (χ3n) is 3.12. The molecule has 2 aromatic carbocycles. The van der Waals surface area contributed by atoms with Crippen LogP contribution in [0.4, 0.5) is 13.6 Å². The van der Waals surface area contributed by atoms with Crippen LogP contribution in [-0.4, -0.2) is 17.7 Å². The molecular formula is C16H16F2N2O2. The fourth-order valence-electron chi connectivity index (χ4n) is 1.92. The molecule has 4 nitrogen and oxygen atoms in total. The minimum Gasteiger partial charge on any atom is -0.386 e. The first kappa shape index (κ1) is 15.9. The van der Waals surface area contributed by atoms with Crippen LogP contribution in [0.1, 0.15) is 17.2 Å². The molecular weight excluding hydrogens is 290 g/mol. The maximum absolute atomic E-state index is 13.4. The number of halogens is 2. The zero-order valence-electron chi connectivity index (χ0n) is 11.7. The van der Waals surface area contributed by atoms with Gasteiger partial charge < -0.3 is 15.7 Å². The topological polar surface area (TPSA) is 61.4 Å². The summed E-state index contributed by atoms with van der Waals surface area (Å²) < 4.78 is 26.8. The van der Waals surface area contributed by atoms with Crippen LogP contribution in [0.25, 0.3) is 0 Å². The Balaban J connectivity index is 1.81. The first-order valence-corrected chi connectivity index (χ1v) is 6.75. The maximum Gasteiger partial charge on any atom is 0.315 e. The summed E-state index contributed by atoms with van der Waals surface area (Å²) in [6.45, 7) is -0.127. The monoisotopic (exact) mass is 306 g/mol. The van der Waals surface area contributed by atoms with Crippen LogP contribution in [-0.2, 0) is 6.54 Å². The second kappa shape index (κ2) is 7.51. The number of urea groups is 1. The van der Waals surface area contributed by atoms with Crippen molar-refractivity contribution in [2.75, 3.05) is 6.54 Å². The van der Waals surface area contributed by atoms with Gasteiger partial charge in [-0.05, 0) is 12.1 Å². The molecule has 0 heterocycles. The molecule has 0 fully saturated rings. The van der Waals surface area contributed by atoms with E-state index in [1.54, 1.807) is 24.3 Å². The first-order chi connectivity index (χ1) is 10.6. The van der Waals surface area contributed by atoms with E-state index in [-0.39, 0.29) is 18.7 Å². The number of hydrogen-bond donors (Lipinski definition) is 3. The minimum atomic E-state index is -1.15.